The highest BCUT2D eigenvalue weighted by molar-refractivity contribution is 6.07. The van der Waals surface area contributed by atoms with Crippen molar-refractivity contribution in [1.29, 1.82) is 0 Å². The number of H-pyrrole nitrogens is 1. The molecule has 128 valence electrons. The maximum atomic E-state index is 12.5. The molecule has 0 saturated carbocycles. The summed E-state index contributed by atoms with van der Waals surface area (Å²) >= 11 is 0. The highest BCUT2D eigenvalue weighted by atomic mass is 16.2. The third-order valence-electron chi connectivity index (χ3n) is 4.09. The van der Waals surface area contributed by atoms with Gasteiger partial charge in [-0.3, -0.25) is 14.3 Å². The van der Waals surface area contributed by atoms with Crippen LogP contribution < -0.4 is 5.32 Å². The predicted octanol–water partition coefficient (Wildman–Crippen LogP) is 3.33. The van der Waals surface area contributed by atoms with Crippen molar-refractivity contribution in [3.8, 4) is 0 Å². The number of hydrogen-bond donors (Lipinski definition) is 2. The first-order chi connectivity index (χ1) is 12.0. The number of hydrogen-bond acceptors (Lipinski definition) is 3. The summed E-state index contributed by atoms with van der Waals surface area (Å²) in [6.45, 7) is 5.68. The molecule has 1 aromatic carbocycles. The van der Waals surface area contributed by atoms with E-state index in [4.69, 9.17) is 0 Å². The molecule has 0 bridgehead atoms. The van der Waals surface area contributed by atoms with E-state index in [1.165, 1.54) is 6.92 Å². The molecule has 0 saturated heterocycles. The second-order valence-electron chi connectivity index (χ2n) is 6.02. The van der Waals surface area contributed by atoms with Crippen LogP contribution in [0, 0.1) is 13.8 Å². The van der Waals surface area contributed by atoms with E-state index >= 15 is 0 Å². The minimum atomic E-state index is -0.307. The van der Waals surface area contributed by atoms with Crippen LogP contribution in [-0.2, 0) is 6.54 Å². The number of aromatic nitrogens is 3. The number of rotatable bonds is 5. The molecule has 0 atom stereocenters. The predicted molar refractivity (Wildman–Crippen MR) is 96.0 cm³/mol. The molecule has 0 unspecified atom stereocenters. The van der Waals surface area contributed by atoms with E-state index in [1.807, 2.05) is 36.5 Å². The fourth-order valence-corrected chi connectivity index (χ4v) is 2.97. The highest BCUT2D eigenvalue weighted by Crippen LogP contribution is 2.19. The van der Waals surface area contributed by atoms with Crippen molar-refractivity contribution in [3.05, 3.63) is 70.7 Å². The highest BCUT2D eigenvalue weighted by Gasteiger charge is 2.20. The SMILES string of the molecule is CC(=O)c1c(C)[nH]c(C(=O)Nc2ccn(Cc3ccccc3)n2)c1C. The minimum Gasteiger partial charge on any atom is -0.354 e. The van der Waals surface area contributed by atoms with Gasteiger partial charge >= 0.3 is 0 Å². The Morgan fingerprint density at radius 3 is 2.52 bits per heavy atom. The lowest BCUT2D eigenvalue weighted by Crippen LogP contribution is -2.14. The van der Waals surface area contributed by atoms with Crippen LogP contribution in [0.25, 0.3) is 0 Å². The van der Waals surface area contributed by atoms with Gasteiger partial charge < -0.3 is 10.3 Å². The number of nitrogens with zero attached hydrogens (tertiary/aromatic N) is 2. The summed E-state index contributed by atoms with van der Waals surface area (Å²) in [5, 5.41) is 7.14. The van der Waals surface area contributed by atoms with Crippen molar-refractivity contribution in [2.75, 3.05) is 5.32 Å². The van der Waals surface area contributed by atoms with Gasteiger partial charge in [-0.1, -0.05) is 30.3 Å². The number of anilines is 1. The van der Waals surface area contributed by atoms with Crippen LogP contribution in [0.4, 0.5) is 5.82 Å². The van der Waals surface area contributed by atoms with E-state index in [9.17, 15) is 9.59 Å². The fraction of sp³-hybridized carbons (Fsp3) is 0.211. The molecular formula is C19H20N4O2. The molecule has 3 aromatic rings. The van der Waals surface area contributed by atoms with Crippen molar-refractivity contribution in [2.45, 2.75) is 27.3 Å². The Kier molecular flexibility index (Phi) is 4.52. The van der Waals surface area contributed by atoms with E-state index < -0.39 is 0 Å². The summed E-state index contributed by atoms with van der Waals surface area (Å²) in [6.07, 6.45) is 1.82. The molecule has 6 heteroatoms. The smallest absolute Gasteiger partial charge is 0.273 e. The Hall–Kier alpha value is -3.15. The number of amides is 1. The van der Waals surface area contributed by atoms with Crippen LogP contribution in [0.2, 0.25) is 0 Å². The van der Waals surface area contributed by atoms with E-state index in [2.05, 4.69) is 15.4 Å². The lowest BCUT2D eigenvalue weighted by Gasteiger charge is -2.03. The number of aromatic amines is 1. The summed E-state index contributed by atoms with van der Waals surface area (Å²) in [6, 6.07) is 11.7. The van der Waals surface area contributed by atoms with Crippen LogP contribution in [-0.4, -0.2) is 26.5 Å². The molecule has 2 heterocycles. The Morgan fingerprint density at radius 2 is 1.88 bits per heavy atom. The van der Waals surface area contributed by atoms with Crippen LogP contribution in [0.3, 0.4) is 0 Å². The molecule has 0 fully saturated rings. The third-order valence-corrected chi connectivity index (χ3v) is 4.09. The van der Waals surface area contributed by atoms with Gasteiger partial charge in [-0.2, -0.15) is 5.10 Å². The lowest BCUT2D eigenvalue weighted by atomic mass is 10.1. The number of benzene rings is 1. The van der Waals surface area contributed by atoms with Gasteiger partial charge in [0.1, 0.15) is 5.69 Å². The molecule has 25 heavy (non-hydrogen) atoms. The van der Waals surface area contributed by atoms with Crippen LogP contribution in [0.15, 0.2) is 42.6 Å². The van der Waals surface area contributed by atoms with E-state index in [-0.39, 0.29) is 11.7 Å². The van der Waals surface area contributed by atoms with E-state index in [1.54, 1.807) is 24.6 Å². The van der Waals surface area contributed by atoms with Gasteiger partial charge in [-0.15, -0.1) is 0 Å². The number of aryl methyl sites for hydroxylation is 1. The van der Waals surface area contributed by atoms with Gasteiger partial charge in [0, 0.05) is 23.5 Å². The standard InChI is InChI=1S/C19H20N4O2/c1-12-17(14(3)24)13(2)20-18(12)19(25)21-16-9-10-23(22-16)11-15-7-5-4-6-8-15/h4-10,20H,11H2,1-3H3,(H,21,22,25). The first-order valence-corrected chi connectivity index (χ1v) is 8.04. The Labute approximate surface area is 145 Å². The summed E-state index contributed by atoms with van der Waals surface area (Å²) in [5.41, 5.74) is 3.45. The van der Waals surface area contributed by atoms with Crippen LogP contribution in [0.5, 0.6) is 0 Å². The fourth-order valence-electron chi connectivity index (χ4n) is 2.97. The Morgan fingerprint density at radius 1 is 1.16 bits per heavy atom. The molecule has 0 aliphatic heterocycles. The molecule has 0 aliphatic carbocycles. The summed E-state index contributed by atoms with van der Waals surface area (Å²) in [4.78, 5) is 27.2. The maximum Gasteiger partial charge on any atom is 0.273 e. The van der Waals surface area contributed by atoms with Crippen LogP contribution in [0.1, 0.15) is 44.6 Å². The average Bonchev–Trinajstić information content (AvgIpc) is 3.12. The Bertz CT molecular complexity index is 922. The molecule has 0 aliphatic rings. The van der Waals surface area contributed by atoms with Gasteiger partial charge in [0.25, 0.3) is 5.91 Å². The van der Waals surface area contributed by atoms with Crippen molar-refractivity contribution in [2.24, 2.45) is 0 Å². The topological polar surface area (TPSA) is 79.8 Å². The summed E-state index contributed by atoms with van der Waals surface area (Å²) in [5.74, 6) is 0.104. The normalized spacial score (nSPS) is 10.7. The number of carbonyl (C=O) groups excluding carboxylic acids is 2. The summed E-state index contributed by atoms with van der Waals surface area (Å²) < 4.78 is 1.76. The number of nitrogens with one attached hydrogen (secondary N) is 2. The summed E-state index contributed by atoms with van der Waals surface area (Å²) in [7, 11) is 0. The Balaban J connectivity index is 1.74. The molecule has 0 spiro atoms. The lowest BCUT2D eigenvalue weighted by molar-refractivity contribution is 0.101. The van der Waals surface area contributed by atoms with Gasteiger partial charge in [-0.05, 0) is 31.9 Å². The molecule has 1 amide bonds. The molecule has 6 nitrogen and oxygen atoms in total. The number of Topliss-reactive ketones (excluding diaryl/α,β-unsaturated/α-hetero) is 1. The van der Waals surface area contributed by atoms with Crippen molar-refractivity contribution < 1.29 is 9.59 Å². The second kappa shape index (κ2) is 6.76. The second-order valence-corrected chi connectivity index (χ2v) is 6.02. The molecule has 2 aromatic heterocycles. The zero-order valence-corrected chi connectivity index (χ0v) is 14.5. The van der Waals surface area contributed by atoms with Gasteiger partial charge in [0.15, 0.2) is 11.6 Å². The number of carbonyl (C=O) groups is 2. The van der Waals surface area contributed by atoms with E-state index in [0.29, 0.717) is 34.9 Å². The first kappa shape index (κ1) is 16.7. The maximum absolute atomic E-state index is 12.5. The van der Waals surface area contributed by atoms with Gasteiger partial charge in [0.2, 0.25) is 0 Å². The largest absolute Gasteiger partial charge is 0.354 e. The molecular weight excluding hydrogens is 316 g/mol. The molecule has 2 N–H and O–H groups in total. The third kappa shape index (κ3) is 3.52. The quantitative estimate of drug-likeness (QED) is 0.701. The van der Waals surface area contributed by atoms with Crippen molar-refractivity contribution in [1.82, 2.24) is 14.8 Å². The molecule has 3 rings (SSSR count). The minimum absolute atomic E-state index is 0.0579. The van der Waals surface area contributed by atoms with Crippen LogP contribution >= 0.6 is 0 Å². The monoisotopic (exact) mass is 336 g/mol. The van der Waals surface area contributed by atoms with Crippen molar-refractivity contribution >= 4 is 17.5 Å². The van der Waals surface area contributed by atoms with Crippen molar-refractivity contribution in [3.63, 3.8) is 0 Å². The zero-order valence-electron chi connectivity index (χ0n) is 14.5. The zero-order chi connectivity index (χ0) is 18.0. The average molecular weight is 336 g/mol. The van der Waals surface area contributed by atoms with Gasteiger partial charge in [-0.25, -0.2) is 0 Å². The molecule has 0 radical (unpaired) electrons. The van der Waals surface area contributed by atoms with Gasteiger partial charge in [0.05, 0.1) is 6.54 Å². The number of ketones is 1. The first-order valence-electron chi connectivity index (χ1n) is 8.04. The van der Waals surface area contributed by atoms with E-state index in [0.717, 1.165) is 5.56 Å².